The van der Waals surface area contributed by atoms with Gasteiger partial charge in [-0.2, -0.15) is 0 Å². The SMILES string of the molecule is N/C=C(\C=NCC1CCCN1C(=O)c1c(-c2ccccc2)nc2ccc(F)cn12)c1ccccn1. The molecule has 1 fully saturated rings. The van der Waals surface area contributed by atoms with Gasteiger partial charge in [-0.25, -0.2) is 9.37 Å². The topological polar surface area (TPSA) is 88.9 Å². The van der Waals surface area contributed by atoms with E-state index in [1.165, 1.54) is 18.5 Å². The third kappa shape index (κ3) is 4.55. The molecule has 1 aliphatic rings. The lowest BCUT2D eigenvalue weighted by Gasteiger charge is -2.23. The predicted octanol–water partition coefficient (Wildman–Crippen LogP) is 4.21. The summed E-state index contributed by atoms with van der Waals surface area (Å²) in [5.74, 6) is -0.610. The fourth-order valence-electron chi connectivity index (χ4n) is 4.45. The number of halogens is 1. The van der Waals surface area contributed by atoms with Crippen molar-refractivity contribution in [3.8, 4) is 11.3 Å². The summed E-state index contributed by atoms with van der Waals surface area (Å²) >= 11 is 0. The van der Waals surface area contributed by atoms with Crippen LogP contribution in [0.3, 0.4) is 0 Å². The molecule has 2 N–H and O–H groups in total. The molecule has 1 unspecified atom stereocenters. The lowest BCUT2D eigenvalue weighted by Crippen LogP contribution is -2.38. The fraction of sp³-hybridized carbons (Fsp3) is 0.185. The van der Waals surface area contributed by atoms with Crippen LogP contribution in [-0.4, -0.2) is 50.5 Å². The highest BCUT2D eigenvalue weighted by Gasteiger charge is 2.33. The number of carbonyl (C=O) groups excluding carboxylic acids is 1. The van der Waals surface area contributed by atoms with Crippen LogP contribution < -0.4 is 5.73 Å². The molecule has 0 bridgehead atoms. The number of pyridine rings is 2. The maximum Gasteiger partial charge on any atom is 0.273 e. The maximum atomic E-state index is 14.1. The number of benzene rings is 1. The van der Waals surface area contributed by atoms with Crippen molar-refractivity contribution in [2.24, 2.45) is 10.7 Å². The molecule has 4 aromatic rings. The quantitative estimate of drug-likeness (QED) is 0.429. The number of hydrogen-bond acceptors (Lipinski definition) is 5. The van der Waals surface area contributed by atoms with Crippen molar-refractivity contribution in [1.29, 1.82) is 0 Å². The van der Waals surface area contributed by atoms with Crippen LogP contribution in [-0.2, 0) is 0 Å². The number of imidazole rings is 1. The number of hydrogen-bond donors (Lipinski definition) is 1. The van der Waals surface area contributed by atoms with Crippen molar-refractivity contribution < 1.29 is 9.18 Å². The summed E-state index contributed by atoms with van der Waals surface area (Å²) in [6.45, 7) is 1.04. The molecule has 0 radical (unpaired) electrons. The van der Waals surface area contributed by atoms with Gasteiger partial charge in [-0.3, -0.25) is 19.2 Å². The largest absolute Gasteiger partial charge is 0.404 e. The molecule has 1 saturated heterocycles. The van der Waals surface area contributed by atoms with E-state index in [2.05, 4.69) is 15.0 Å². The van der Waals surface area contributed by atoms with Crippen LogP contribution in [0.25, 0.3) is 22.5 Å². The summed E-state index contributed by atoms with van der Waals surface area (Å²) in [6, 6.07) is 18.0. The molecule has 7 nitrogen and oxygen atoms in total. The number of nitrogens with two attached hydrogens (primary N) is 1. The second kappa shape index (κ2) is 9.89. The highest BCUT2D eigenvalue weighted by atomic mass is 19.1. The van der Waals surface area contributed by atoms with Gasteiger partial charge < -0.3 is 10.6 Å². The van der Waals surface area contributed by atoms with E-state index < -0.39 is 5.82 Å². The molecule has 176 valence electrons. The first-order valence-corrected chi connectivity index (χ1v) is 11.5. The molecule has 4 heterocycles. The van der Waals surface area contributed by atoms with E-state index in [0.717, 1.165) is 24.1 Å². The number of likely N-dealkylation sites (tertiary alicyclic amines) is 1. The fourth-order valence-corrected chi connectivity index (χ4v) is 4.45. The van der Waals surface area contributed by atoms with Crippen molar-refractivity contribution in [2.45, 2.75) is 18.9 Å². The Kier molecular flexibility index (Phi) is 6.34. The van der Waals surface area contributed by atoms with Crippen LogP contribution in [0.1, 0.15) is 29.0 Å². The van der Waals surface area contributed by atoms with Crippen LogP contribution in [0, 0.1) is 5.82 Å². The van der Waals surface area contributed by atoms with Crippen LogP contribution in [0.2, 0.25) is 0 Å². The molecule has 0 aliphatic carbocycles. The normalized spacial score (nSPS) is 16.4. The Hall–Kier alpha value is -4.33. The third-order valence-electron chi connectivity index (χ3n) is 6.16. The molecule has 35 heavy (non-hydrogen) atoms. The third-order valence-corrected chi connectivity index (χ3v) is 6.16. The van der Waals surface area contributed by atoms with Gasteiger partial charge in [0.1, 0.15) is 22.9 Å². The number of fused-ring (bicyclic) bond motifs is 1. The summed E-state index contributed by atoms with van der Waals surface area (Å²) in [4.78, 5) is 29.2. The second-order valence-corrected chi connectivity index (χ2v) is 8.38. The molecule has 3 aromatic heterocycles. The van der Waals surface area contributed by atoms with Gasteiger partial charge in [0, 0.05) is 42.5 Å². The first kappa shape index (κ1) is 22.5. The van der Waals surface area contributed by atoms with Gasteiger partial charge in [-0.05, 0) is 37.1 Å². The minimum absolute atomic E-state index is 0.0794. The number of rotatable bonds is 6. The molecule has 0 spiro atoms. The Bertz CT molecular complexity index is 1400. The molecular weight excluding hydrogens is 443 g/mol. The summed E-state index contributed by atoms with van der Waals surface area (Å²) in [5.41, 5.74) is 9.46. The van der Waals surface area contributed by atoms with E-state index in [-0.39, 0.29) is 11.9 Å². The van der Waals surface area contributed by atoms with E-state index in [9.17, 15) is 9.18 Å². The Morgan fingerprint density at radius 1 is 1.14 bits per heavy atom. The maximum absolute atomic E-state index is 14.1. The minimum atomic E-state index is -0.429. The molecule has 1 aromatic carbocycles. The summed E-state index contributed by atoms with van der Waals surface area (Å²) in [6.07, 6.45) is 7.89. The highest BCUT2D eigenvalue weighted by Crippen LogP contribution is 2.29. The zero-order valence-electron chi connectivity index (χ0n) is 19.1. The molecule has 1 amide bonds. The van der Waals surface area contributed by atoms with Crippen molar-refractivity contribution in [2.75, 3.05) is 13.1 Å². The van der Waals surface area contributed by atoms with Crippen LogP contribution >= 0.6 is 0 Å². The van der Waals surface area contributed by atoms with Crippen LogP contribution in [0.4, 0.5) is 4.39 Å². The second-order valence-electron chi connectivity index (χ2n) is 8.38. The molecule has 8 heteroatoms. The smallest absolute Gasteiger partial charge is 0.273 e. The Labute approximate surface area is 202 Å². The van der Waals surface area contributed by atoms with Gasteiger partial charge in [0.05, 0.1) is 18.3 Å². The van der Waals surface area contributed by atoms with E-state index in [0.29, 0.717) is 35.7 Å². The van der Waals surface area contributed by atoms with Gasteiger partial charge in [0.25, 0.3) is 5.91 Å². The van der Waals surface area contributed by atoms with Crippen molar-refractivity contribution in [3.63, 3.8) is 0 Å². The van der Waals surface area contributed by atoms with Crippen LogP contribution in [0.15, 0.2) is 84.2 Å². The zero-order valence-corrected chi connectivity index (χ0v) is 19.1. The Morgan fingerprint density at radius 2 is 1.97 bits per heavy atom. The number of amides is 1. The minimum Gasteiger partial charge on any atom is -0.404 e. The Balaban J connectivity index is 1.44. The number of allylic oxidation sites excluding steroid dienone is 1. The molecule has 1 aliphatic heterocycles. The molecule has 5 rings (SSSR count). The summed E-state index contributed by atoms with van der Waals surface area (Å²) in [7, 11) is 0. The number of aliphatic imine (C=N–C) groups is 1. The van der Waals surface area contributed by atoms with E-state index in [1.807, 2.05) is 53.4 Å². The van der Waals surface area contributed by atoms with Crippen molar-refractivity contribution >= 4 is 23.3 Å². The first-order valence-electron chi connectivity index (χ1n) is 11.5. The standard InChI is InChI=1S/C27H25FN6O/c28-21-11-12-24-32-25(19-7-2-1-3-8-19)26(34(24)18-21)27(35)33-14-6-9-22(33)17-30-16-20(15-29)23-10-4-5-13-31-23/h1-5,7-8,10-13,15-16,18,22H,6,9,14,17,29H2/b20-15+,30-16?. The van der Waals surface area contributed by atoms with Crippen LogP contribution in [0.5, 0.6) is 0 Å². The number of carbonyl (C=O) groups is 1. The number of aromatic nitrogens is 3. The zero-order chi connectivity index (χ0) is 24.2. The van der Waals surface area contributed by atoms with Gasteiger partial charge in [0.2, 0.25) is 0 Å². The monoisotopic (exact) mass is 468 g/mol. The van der Waals surface area contributed by atoms with Crippen molar-refractivity contribution in [3.05, 3.63) is 96.5 Å². The van der Waals surface area contributed by atoms with Gasteiger partial charge >= 0.3 is 0 Å². The van der Waals surface area contributed by atoms with E-state index in [1.54, 1.807) is 22.9 Å². The van der Waals surface area contributed by atoms with Gasteiger partial charge in [-0.15, -0.1) is 0 Å². The summed E-state index contributed by atoms with van der Waals surface area (Å²) in [5, 5.41) is 0. The average molecular weight is 469 g/mol. The predicted molar refractivity (Wildman–Crippen MR) is 134 cm³/mol. The van der Waals surface area contributed by atoms with E-state index in [4.69, 9.17) is 5.73 Å². The number of nitrogens with zero attached hydrogens (tertiary/aromatic N) is 5. The van der Waals surface area contributed by atoms with E-state index >= 15 is 0 Å². The molecule has 1 atom stereocenters. The lowest BCUT2D eigenvalue weighted by atomic mass is 10.1. The van der Waals surface area contributed by atoms with Gasteiger partial charge in [-0.1, -0.05) is 36.4 Å². The highest BCUT2D eigenvalue weighted by molar-refractivity contribution is 6.08. The average Bonchev–Trinajstić information content (AvgIpc) is 3.52. The summed E-state index contributed by atoms with van der Waals surface area (Å²) < 4.78 is 15.7. The van der Waals surface area contributed by atoms with Crippen molar-refractivity contribution in [1.82, 2.24) is 19.3 Å². The molecular formula is C27H25FN6O. The Morgan fingerprint density at radius 3 is 2.74 bits per heavy atom. The molecule has 0 saturated carbocycles. The lowest BCUT2D eigenvalue weighted by molar-refractivity contribution is 0.0735. The van der Waals surface area contributed by atoms with Gasteiger partial charge in [0.15, 0.2) is 0 Å². The first-order chi connectivity index (χ1) is 17.2.